The molecule has 6 nitrogen and oxygen atoms in total. The lowest BCUT2D eigenvalue weighted by Gasteiger charge is -2.22. The molecule has 2 rings (SSSR count). The van der Waals surface area contributed by atoms with Crippen LogP contribution in [0.4, 0.5) is 5.69 Å². The molecule has 6 heteroatoms. The lowest BCUT2D eigenvalue weighted by Crippen LogP contribution is -2.36. The average molecular weight is 287 g/mol. The van der Waals surface area contributed by atoms with Crippen LogP contribution in [0.5, 0.6) is 0 Å². The van der Waals surface area contributed by atoms with Crippen LogP contribution in [0.25, 0.3) is 11.4 Å². The maximum Gasteiger partial charge on any atom is 0.247 e. The minimum Gasteiger partial charge on any atom is -0.399 e. The van der Waals surface area contributed by atoms with Crippen LogP contribution >= 0.6 is 0 Å². The highest BCUT2D eigenvalue weighted by molar-refractivity contribution is 5.79. The van der Waals surface area contributed by atoms with Crippen LogP contribution < -0.4 is 5.73 Å². The number of nitrogens with two attached hydrogens (primary N) is 1. The van der Waals surface area contributed by atoms with Crippen LogP contribution in [-0.2, 0) is 4.79 Å². The Morgan fingerprint density at radius 1 is 1.29 bits per heavy atom. The van der Waals surface area contributed by atoms with E-state index in [0.717, 1.165) is 5.56 Å². The van der Waals surface area contributed by atoms with Gasteiger partial charge in [0.15, 0.2) is 5.82 Å². The number of benzene rings is 1. The number of hydrogen-bond acceptors (Lipinski definition) is 4. The molecule has 0 spiro atoms. The number of aromatic nitrogens is 3. The third kappa shape index (κ3) is 3.21. The lowest BCUT2D eigenvalue weighted by atomic mass is 10.2. The van der Waals surface area contributed by atoms with E-state index in [-0.39, 0.29) is 11.9 Å². The normalized spacial score (nSPS) is 12.1. The van der Waals surface area contributed by atoms with Gasteiger partial charge in [0.1, 0.15) is 12.4 Å². The molecule has 2 N–H and O–H groups in total. The molecule has 0 radical (unpaired) electrons. The Morgan fingerprint density at radius 3 is 2.48 bits per heavy atom. The molecule has 1 aromatic carbocycles. The summed E-state index contributed by atoms with van der Waals surface area (Å²) in [6.45, 7) is 7.16. The fraction of sp³-hybridized carbons (Fsp3) is 0.400. The third-order valence-corrected chi connectivity index (χ3v) is 3.51. The largest absolute Gasteiger partial charge is 0.399 e. The van der Waals surface area contributed by atoms with Crippen LogP contribution in [0.2, 0.25) is 0 Å². The summed E-state index contributed by atoms with van der Waals surface area (Å²) in [4.78, 5) is 18.4. The summed E-state index contributed by atoms with van der Waals surface area (Å²) in [5.74, 6) is 0.642. The second-order valence-corrected chi connectivity index (χ2v) is 4.86. The molecule has 1 aromatic heterocycles. The summed E-state index contributed by atoms with van der Waals surface area (Å²) >= 11 is 0. The predicted octanol–water partition coefficient (Wildman–Crippen LogP) is 1.96. The smallest absolute Gasteiger partial charge is 0.247 e. The molecule has 0 aliphatic heterocycles. The van der Waals surface area contributed by atoms with E-state index in [4.69, 9.17) is 5.73 Å². The molecule has 21 heavy (non-hydrogen) atoms. The van der Waals surface area contributed by atoms with E-state index in [0.29, 0.717) is 24.6 Å². The minimum absolute atomic E-state index is 0.0498. The molecule has 1 unspecified atom stereocenters. The summed E-state index contributed by atoms with van der Waals surface area (Å²) in [6, 6.07) is 6.98. The summed E-state index contributed by atoms with van der Waals surface area (Å²) in [5, 5.41) is 4.40. The number of carbonyl (C=O) groups is 1. The third-order valence-electron chi connectivity index (χ3n) is 3.51. The van der Waals surface area contributed by atoms with Crippen molar-refractivity contribution >= 4 is 11.6 Å². The number of anilines is 1. The molecular weight excluding hydrogens is 266 g/mol. The highest BCUT2D eigenvalue weighted by Gasteiger charge is 2.21. The van der Waals surface area contributed by atoms with Gasteiger partial charge in [0.2, 0.25) is 5.91 Å². The summed E-state index contributed by atoms with van der Waals surface area (Å²) in [5.41, 5.74) is 7.24. The maximum atomic E-state index is 12.3. The van der Waals surface area contributed by atoms with Crippen LogP contribution in [0.1, 0.15) is 26.8 Å². The molecule has 0 aliphatic rings. The van der Waals surface area contributed by atoms with Crippen molar-refractivity contribution < 1.29 is 4.79 Å². The first-order valence-corrected chi connectivity index (χ1v) is 7.12. The monoisotopic (exact) mass is 287 g/mol. The van der Waals surface area contributed by atoms with E-state index in [2.05, 4.69) is 10.1 Å². The fourth-order valence-electron chi connectivity index (χ4n) is 2.14. The van der Waals surface area contributed by atoms with E-state index < -0.39 is 0 Å². The average Bonchev–Trinajstić information content (AvgIpc) is 2.98. The zero-order chi connectivity index (χ0) is 15.4. The number of nitrogens with zero attached hydrogens (tertiary/aromatic N) is 4. The second kappa shape index (κ2) is 6.39. The van der Waals surface area contributed by atoms with Gasteiger partial charge in [0.05, 0.1) is 0 Å². The first kappa shape index (κ1) is 15.0. The number of nitrogen functional groups attached to an aromatic ring is 1. The van der Waals surface area contributed by atoms with Gasteiger partial charge in [-0.1, -0.05) is 0 Å². The quantitative estimate of drug-likeness (QED) is 0.853. The van der Waals surface area contributed by atoms with Crippen molar-refractivity contribution in [3.8, 4) is 11.4 Å². The predicted molar refractivity (Wildman–Crippen MR) is 82.5 cm³/mol. The first-order valence-electron chi connectivity index (χ1n) is 7.12. The molecule has 0 aliphatic carbocycles. The SMILES string of the molecule is CCN(CC)C(=O)C(C)n1cnc(-c2ccc(N)cc2)n1. The van der Waals surface area contributed by atoms with Gasteiger partial charge in [0.25, 0.3) is 0 Å². The molecule has 1 amide bonds. The van der Waals surface area contributed by atoms with Crippen LogP contribution in [-0.4, -0.2) is 38.7 Å². The van der Waals surface area contributed by atoms with Gasteiger partial charge in [-0.3, -0.25) is 4.79 Å². The summed E-state index contributed by atoms with van der Waals surface area (Å²) in [7, 11) is 0. The van der Waals surface area contributed by atoms with Gasteiger partial charge in [-0.15, -0.1) is 0 Å². The maximum absolute atomic E-state index is 12.3. The summed E-state index contributed by atoms with van der Waals surface area (Å²) < 4.78 is 1.60. The number of carbonyl (C=O) groups excluding carboxylic acids is 1. The van der Waals surface area contributed by atoms with Crippen LogP contribution in [0.15, 0.2) is 30.6 Å². The van der Waals surface area contributed by atoms with Crippen molar-refractivity contribution in [3.63, 3.8) is 0 Å². The molecular formula is C15H21N5O. The minimum atomic E-state index is -0.361. The number of rotatable bonds is 5. The zero-order valence-corrected chi connectivity index (χ0v) is 12.7. The Hall–Kier alpha value is -2.37. The van der Waals surface area contributed by atoms with Crippen molar-refractivity contribution in [3.05, 3.63) is 30.6 Å². The van der Waals surface area contributed by atoms with Gasteiger partial charge in [-0.25, -0.2) is 9.67 Å². The molecule has 0 bridgehead atoms. The standard InChI is InChI=1S/C15H21N5O/c1-4-19(5-2)15(21)11(3)20-10-17-14(18-20)12-6-8-13(16)9-7-12/h6-11H,4-5,16H2,1-3H3. The number of likely N-dealkylation sites (N-methyl/N-ethyl adjacent to an activating group) is 1. The Morgan fingerprint density at radius 2 is 1.90 bits per heavy atom. The lowest BCUT2D eigenvalue weighted by molar-refractivity contribution is -0.134. The highest BCUT2D eigenvalue weighted by Crippen LogP contribution is 2.17. The Labute approximate surface area is 124 Å². The van der Waals surface area contributed by atoms with E-state index in [1.807, 2.05) is 32.9 Å². The fourth-order valence-corrected chi connectivity index (χ4v) is 2.14. The van der Waals surface area contributed by atoms with Crippen LogP contribution in [0, 0.1) is 0 Å². The summed E-state index contributed by atoms with van der Waals surface area (Å²) in [6.07, 6.45) is 1.59. The van der Waals surface area contributed by atoms with E-state index in [1.54, 1.807) is 28.0 Å². The van der Waals surface area contributed by atoms with Crippen molar-refractivity contribution in [1.29, 1.82) is 0 Å². The molecule has 112 valence electrons. The highest BCUT2D eigenvalue weighted by atomic mass is 16.2. The van der Waals surface area contributed by atoms with Gasteiger partial charge < -0.3 is 10.6 Å². The molecule has 0 fully saturated rings. The zero-order valence-electron chi connectivity index (χ0n) is 12.7. The van der Waals surface area contributed by atoms with E-state index in [1.165, 1.54) is 0 Å². The first-order chi connectivity index (χ1) is 10.1. The van der Waals surface area contributed by atoms with Crippen molar-refractivity contribution in [2.75, 3.05) is 18.8 Å². The van der Waals surface area contributed by atoms with Crippen molar-refractivity contribution in [1.82, 2.24) is 19.7 Å². The topological polar surface area (TPSA) is 77.0 Å². The Balaban J connectivity index is 2.19. The van der Waals surface area contributed by atoms with E-state index >= 15 is 0 Å². The van der Waals surface area contributed by atoms with Gasteiger partial charge in [0, 0.05) is 24.3 Å². The molecule has 2 aromatic rings. The van der Waals surface area contributed by atoms with Crippen LogP contribution in [0.3, 0.4) is 0 Å². The van der Waals surface area contributed by atoms with E-state index in [9.17, 15) is 4.79 Å². The van der Waals surface area contributed by atoms with Crippen molar-refractivity contribution in [2.45, 2.75) is 26.8 Å². The molecule has 0 saturated heterocycles. The van der Waals surface area contributed by atoms with Gasteiger partial charge in [-0.05, 0) is 45.0 Å². The van der Waals surface area contributed by atoms with Gasteiger partial charge >= 0.3 is 0 Å². The Kier molecular flexibility index (Phi) is 4.57. The number of amides is 1. The molecule has 1 atom stereocenters. The Bertz CT molecular complexity index is 601. The molecule has 0 saturated carbocycles. The van der Waals surface area contributed by atoms with Crippen molar-refractivity contribution in [2.24, 2.45) is 0 Å². The molecule has 1 heterocycles. The van der Waals surface area contributed by atoms with Gasteiger partial charge in [-0.2, -0.15) is 5.10 Å². The number of hydrogen-bond donors (Lipinski definition) is 1. The second-order valence-electron chi connectivity index (χ2n) is 4.86.